The molecule has 0 aliphatic heterocycles. The van der Waals surface area contributed by atoms with Crippen LogP contribution in [0.5, 0.6) is 5.75 Å². The maximum Gasteiger partial charge on any atom is 0.121 e. The zero-order valence-corrected chi connectivity index (χ0v) is 9.97. The van der Waals surface area contributed by atoms with Crippen molar-refractivity contribution in [3.63, 3.8) is 0 Å². The molecule has 0 fully saturated rings. The second-order valence-corrected chi connectivity index (χ2v) is 4.90. The summed E-state index contributed by atoms with van der Waals surface area (Å²) in [6.07, 6.45) is 2.01. The molecule has 0 spiro atoms. The van der Waals surface area contributed by atoms with Crippen molar-refractivity contribution in [1.82, 2.24) is 0 Å². The molecule has 1 aromatic carbocycles. The summed E-state index contributed by atoms with van der Waals surface area (Å²) in [6, 6.07) is 3.80. The van der Waals surface area contributed by atoms with Gasteiger partial charge in [-0.15, -0.1) is 34.7 Å². The van der Waals surface area contributed by atoms with E-state index in [1.807, 2.05) is 17.7 Å². The molecule has 1 nitrogen and oxygen atoms in total. The number of benzene rings is 1. The van der Waals surface area contributed by atoms with Crippen molar-refractivity contribution < 1.29 is 5.11 Å². The van der Waals surface area contributed by atoms with Crippen LogP contribution in [0.15, 0.2) is 22.4 Å². The first-order chi connectivity index (χ1) is 6.77. The Morgan fingerprint density at radius 2 is 2.36 bits per heavy atom. The van der Waals surface area contributed by atoms with Crippen molar-refractivity contribution in [3.8, 4) is 5.75 Å². The van der Waals surface area contributed by atoms with Crippen molar-refractivity contribution in [2.45, 2.75) is 10.8 Å². The average Bonchev–Trinajstić information content (AvgIpc) is 2.65. The van der Waals surface area contributed by atoms with Crippen LogP contribution in [0.1, 0.15) is 5.56 Å². The second-order valence-electron chi connectivity index (χ2n) is 2.87. The smallest absolute Gasteiger partial charge is 0.121 e. The number of rotatable bonds is 2. The third-order valence-corrected chi connectivity index (χ3v) is 4.25. The fourth-order valence-electron chi connectivity index (χ4n) is 1.44. The van der Waals surface area contributed by atoms with E-state index in [0.29, 0.717) is 11.6 Å². The highest BCUT2D eigenvalue weighted by Crippen LogP contribution is 2.38. The standard InChI is InChI=1S/C10H9ClOS2/c1-13-9-4-8(12)7(5-11)6-2-3-14-10(6)9/h2-4,12H,5H2,1H3. The molecule has 0 saturated heterocycles. The second kappa shape index (κ2) is 4.01. The molecular formula is C10H9ClOS2. The normalized spacial score (nSPS) is 11.0. The fraction of sp³-hybridized carbons (Fsp3) is 0.200. The summed E-state index contributed by atoms with van der Waals surface area (Å²) in [5.74, 6) is 0.656. The zero-order chi connectivity index (χ0) is 10.1. The Bertz CT molecular complexity index is 464. The van der Waals surface area contributed by atoms with Gasteiger partial charge >= 0.3 is 0 Å². The van der Waals surface area contributed by atoms with Gasteiger partial charge in [-0.3, -0.25) is 0 Å². The minimum atomic E-state index is 0.301. The van der Waals surface area contributed by atoms with E-state index in [1.165, 1.54) is 4.70 Å². The van der Waals surface area contributed by atoms with Crippen LogP contribution in [0.3, 0.4) is 0 Å². The minimum absolute atomic E-state index is 0.301. The van der Waals surface area contributed by atoms with E-state index < -0.39 is 0 Å². The summed E-state index contributed by atoms with van der Waals surface area (Å²) in [5, 5.41) is 12.9. The first-order valence-corrected chi connectivity index (χ1v) is 6.73. The lowest BCUT2D eigenvalue weighted by Crippen LogP contribution is -1.82. The van der Waals surface area contributed by atoms with Gasteiger partial charge in [-0.05, 0) is 23.8 Å². The lowest BCUT2D eigenvalue weighted by Gasteiger charge is -2.06. The molecule has 2 aromatic rings. The van der Waals surface area contributed by atoms with Crippen LogP contribution in [0.4, 0.5) is 0 Å². The summed E-state index contributed by atoms with van der Waals surface area (Å²) < 4.78 is 1.21. The highest BCUT2D eigenvalue weighted by atomic mass is 35.5. The van der Waals surface area contributed by atoms with Crippen LogP contribution in [0.25, 0.3) is 10.1 Å². The zero-order valence-electron chi connectivity index (χ0n) is 7.58. The van der Waals surface area contributed by atoms with Crippen molar-refractivity contribution in [1.29, 1.82) is 0 Å². The topological polar surface area (TPSA) is 20.2 Å². The van der Waals surface area contributed by atoms with Crippen LogP contribution in [0, 0.1) is 0 Å². The largest absolute Gasteiger partial charge is 0.508 e. The Morgan fingerprint density at radius 3 is 3.00 bits per heavy atom. The summed E-state index contributed by atoms with van der Waals surface area (Å²) in [5.41, 5.74) is 0.834. The van der Waals surface area contributed by atoms with Gasteiger partial charge in [0.1, 0.15) is 5.75 Å². The molecule has 0 unspecified atom stereocenters. The van der Waals surface area contributed by atoms with E-state index in [9.17, 15) is 5.11 Å². The van der Waals surface area contributed by atoms with E-state index in [1.54, 1.807) is 29.2 Å². The van der Waals surface area contributed by atoms with Crippen LogP contribution >= 0.6 is 34.7 Å². The van der Waals surface area contributed by atoms with Gasteiger partial charge in [0.15, 0.2) is 0 Å². The molecule has 0 atom stereocenters. The van der Waals surface area contributed by atoms with E-state index in [2.05, 4.69) is 0 Å². The number of phenolic OH excluding ortho intramolecular Hbond substituents is 1. The van der Waals surface area contributed by atoms with Gasteiger partial charge in [0.25, 0.3) is 0 Å². The van der Waals surface area contributed by atoms with E-state index in [-0.39, 0.29) is 0 Å². The summed E-state index contributed by atoms with van der Waals surface area (Å²) in [4.78, 5) is 1.11. The van der Waals surface area contributed by atoms with Gasteiger partial charge in [-0.25, -0.2) is 0 Å². The van der Waals surface area contributed by atoms with E-state index in [0.717, 1.165) is 15.8 Å². The molecule has 2 rings (SSSR count). The molecular weight excluding hydrogens is 236 g/mol. The van der Waals surface area contributed by atoms with Gasteiger partial charge in [0.05, 0.1) is 5.88 Å². The predicted octanol–water partition coefficient (Wildman–Crippen LogP) is 4.07. The fourth-order valence-corrected chi connectivity index (χ4v) is 3.48. The third kappa shape index (κ3) is 1.49. The summed E-state index contributed by atoms with van der Waals surface area (Å²) in [7, 11) is 0. The predicted molar refractivity (Wildman–Crippen MR) is 64.8 cm³/mol. The number of hydrogen-bond donors (Lipinski definition) is 1. The van der Waals surface area contributed by atoms with Gasteiger partial charge < -0.3 is 5.11 Å². The lowest BCUT2D eigenvalue weighted by molar-refractivity contribution is 0.470. The highest BCUT2D eigenvalue weighted by molar-refractivity contribution is 7.99. The van der Waals surface area contributed by atoms with Crippen LogP contribution < -0.4 is 0 Å². The summed E-state index contributed by atoms with van der Waals surface area (Å²) >= 11 is 9.13. The van der Waals surface area contributed by atoms with Crippen molar-refractivity contribution in [2.24, 2.45) is 0 Å². The van der Waals surface area contributed by atoms with Gasteiger partial charge in [0, 0.05) is 20.5 Å². The Labute approximate surface area is 95.7 Å². The van der Waals surface area contributed by atoms with Crippen molar-refractivity contribution in [2.75, 3.05) is 6.26 Å². The molecule has 0 bridgehead atoms. The Balaban J connectivity index is 2.81. The molecule has 1 N–H and O–H groups in total. The molecule has 0 radical (unpaired) electrons. The molecule has 0 aliphatic carbocycles. The maximum absolute atomic E-state index is 9.75. The molecule has 1 aromatic heterocycles. The number of thiophene rings is 1. The lowest BCUT2D eigenvalue weighted by atomic mass is 10.1. The van der Waals surface area contributed by atoms with Crippen molar-refractivity contribution in [3.05, 3.63) is 23.1 Å². The Hall–Kier alpha value is -0.380. The third-order valence-electron chi connectivity index (χ3n) is 2.14. The first kappa shape index (κ1) is 10.1. The Kier molecular flexibility index (Phi) is 2.91. The monoisotopic (exact) mass is 244 g/mol. The number of alkyl halides is 1. The molecule has 1 heterocycles. The molecule has 74 valence electrons. The quantitative estimate of drug-likeness (QED) is 0.635. The minimum Gasteiger partial charge on any atom is -0.508 e. The SMILES string of the molecule is CSc1cc(O)c(CCl)c2ccsc12. The first-order valence-electron chi connectivity index (χ1n) is 4.10. The number of fused-ring (bicyclic) bond motifs is 1. The maximum atomic E-state index is 9.75. The average molecular weight is 245 g/mol. The highest BCUT2D eigenvalue weighted by Gasteiger charge is 2.11. The Morgan fingerprint density at radius 1 is 1.57 bits per heavy atom. The van der Waals surface area contributed by atoms with Gasteiger partial charge in [-0.1, -0.05) is 0 Å². The van der Waals surface area contributed by atoms with Gasteiger partial charge in [-0.2, -0.15) is 0 Å². The van der Waals surface area contributed by atoms with Crippen LogP contribution in [0.2, 0.25) is 0 Å². The van der Waals surface area contributed by atoms with E-state index in [4.69, 9.17) is 11.6 Å². The van der Waals surface area contributed by atoms with Gasteiger partial charge in [0.2, 0.25) is 0 Å². The van der Waals surface area contributed by atoms with Crippen molar-refractivity contribution >= 4 is 44.8 Å². The molecule has 0 aliphatic rings. The number of aromatic hydroxyl groups is 1. The number of hydrogen-bond acceptors (Lipinski definition) is 3. The number of thioether (sulfide) groups is 1. The number of halogens is 1. The molecule has 0 saturated carbocycles. The van der Waals surface area contributed by atoms with Crippen LogP contribution in [-0.2, 0) is 5.88 Å². The van der Waals surface area contributed by atoms with E-state index >= 15 is 0 Å². The van der Waals surface area contributed by atoms with Crippen LogP contribution in [-0.4, -0.2) is 11.4 Å². The molecule has 0 amide bonds. The summed E-state index contributed by atoms with van der Waals surface area (Å²) in [6.45, 7) is 0. The molecule has 14 heavy (non-hydrogen) atoms. The molecule has 4 heteroatoms. The number of phenols is 1.